The summed E-state index contributed by atoms with van der Waals surface area (Å²) in [6.07, 6.45) is 3.44. The fraction of sp³-hybridized carbons (Fsp3) is 0. The van der Waals surface area contributed by atoms with Crippen LogP contribution in [0.2, 0.25) is 0 Å². The van der Waals surface area contributed by atoms with Gasteiger partial charge in [-0.25, -0.2) is 38.7 Å². The van der Waals surface area contributed by atoms with E-state index in [-0.39, 0.29) is 11.6 Å². The number of thiazole rings is 4. The quantitative estimate of drug-likeness (QED) is 0.181. The first kappa shape index (κ1) is 26.2. The maximum absolute atomic E-state index is 13.6. The van der Waals surface area contributed by atoms with E-state index in [2.05, 4.69) is 19.9 Å². The van der Waals surface area contributed by atoms with Crippen LogP contribution in [-0.4, -0.2) is 29.9 Å². The van der Waals surface area contributed by atoms with Crippen molar-refractivity contribution in [2.75, 3.05) is 0 Å². The molecule has 220 valence electrons. The van der Waals surface area contributed by atoms with Crippen LogP contribution in [0.15, 0.2) is 81.9 Å². The highest BCUT2D eigenvalue weighted by Gasteiger charge is 2.19. The highest BCUT2D eigenvalue weighted by molar-refractivity contribution is 7.27. The normalized spacial score (nSPS) is 12.1. The molecule has 0 unspecified atom stereocenters. The van der Waals surface area contributed by atoms with Gasteiger partial charge in [-0.2, -0.15) is 0 Å². The second-order valence-electron chi connectivity index (χ2n) is 10.3. The SMILES string of the molecule is Fc1ccc2sc(-c3ncc(-c4nc5cc6cc7oc(-c8cnc(-c9nc%10cc(F)ccc%10s9)s8)nc7cc6cc5o4)s3)nc2c1. The Morgan fingerprint density at radius 1 is 0.478 bits per heavy atom. The molecule has 0 N–H and O–H groups in total. The van der Waals surface area contributed by atoms with Crippen LogP contribution in [0.1, 0.15) is 0 Å². The van der Waals surface area contributed by atoms with Crippen LogP contribution in [0.4, 0.5) is 8.78 Å². The predicted molar refractivity (Wildman–Crippen MR) is 178 cm³/mol. The van der Waals surface area contributed by atoms with Crippen LogP contribution < -0.4 is 0 Å². The number of aromatic nitrogens is 6. The van der Waals surface area contributed by atoms with Crippen LogP contribution in [0, 0.1) is 11.6 Å². The second kappa shape index (κ2) is 9.74. The topological polar surface area (TPSA) is 104 Å². The van der Waals surface area contributed by atoms with Gasteiger partial charge in [0, 0.05) is 12.1 Å². The number of halogens is 2. The molecule has 8 nitrogen and oxygen atoms in total. The average Bonchev–Trinajstić information content (AvgIpc) is 3.87. The summed E-state index contributed by atoms with van der Waals surface area (Å²) in [7, 11) is 0. The van der Waals surface area contributed by atoms with Gasteiger partial charge in [0.05, 0.1) is 32.8 Å². The highest BCUT2D eigenvalue weighted by atomic mass is 32.1. The first-order valence-corrected chi connectivity index (χ1v) is 17.0. The van der Waals surface area contributed by atoms with Crippen molar-refractivity contribution in [3.63, 3.8) is 0 Å². The standard InChI is InChI=1S/C32H12F2N6O2S4/c33-15-1-3-23-19(9-15)39-31(43-23)29-35-11-25(45-29)27-37-17-5-13-8-22-18(6-14(13)7-21(17)41-27)38-28(42-22)26-12-36-30(46-26)32-40-20-10-16(34)2-4-24(20)44-32/h1-12H. The Balaban J connectivity index is 0.968. The molecule has 10 aromatic rings. The Morgan fingerprint density at radius 2 is 0.957 bits per heavy atom. The third kappa shape index (κ3) is 4.25. The average molecular weight is 679 g/mol. The van der Waals surface area contributed by atoms with Crippen molar-refractivity contribution < 1.29 is 17.6 Å². The molecule has 0 radical (unpaired) electrons. The zero-order valence-corrected chi connectivity index (χ0v) is 26.1. The molecule has 0 fully saturated rings. The van der Waals surface area contributed by atoms with Crippen molar-refractivity contribution >= 4 is 98.8 Å². The van der Waals surface area contributed by atoms with Gasteiger partial charge in [0.15, 0.2) is 31.2 Å². The van der Waals surface area contributed by atoms with Crippen molar-refractivity contribution in [2.24, 2.45) is 0 Å². The Bertz CT molecular complexity index is 2570. The van der Waals surface area contributed by atoms with Gasteiger partial charge in [-0.15, -0.1) is 45.3 Å². The smallest absolute Gasteiger partial charge is 0.239 e. The first-order chi connectivity index (χ1) is 22.5. The highest BCUT2D eigenvalue weighted by Crippen LogP contribution is 2.40. The van der Waals surface area contributed by atoms with Gasteiger partial charge >= 0.3 is 0 Å². The summed E-state index contributed by atoms with van der Waals surface area (Å²) in [5, 5.41) is 4.73. The van der Waals surface area contributed by atoms with E-state index < -0.39 is 0 Å². The lowest BCUT2D eigenvalue weighted by molar-refractivity contribution is 0.621. The molecule has 10 rings (SSSR count). The lowest BCUT2D eigenvalue weighted by atomic mass is 10.1. The van der Waals surface area contributed by atoms with E-state index in [0.29, 0.717) is 45.0 Å². The monoisotopic (exact) mass is 678 g/mol. The summed E-state index contributed by atoms with van der Waals surface area (Å²) in [5.74, 6) is 0.291. The van der Waals surface area contributed by atoms with Gasteiger partial charge in [0.2, 0.25) is 11.8 Å². The molecule has 0 bridgehead atoms. The molecule has 0 aliphatic carbocycles. The minimum atomic E-state index is -0.317. The number of oxazole rings is 2. The molecule has 14 heteroatoms. The first-order valence-electron chi connectivity index (χ1n) is 13.7. The van der Waals surface area contributed by atoms with E-state index in [1.807, 2.05) is 24.3 Å². The largest absolute Gasteiger partial charge is 0.435 e. The zero-order valence-electron chi connectivity index (χ0n) is 22.8. The summed E-state index contributed by atoms with van der Waals surface area (Å²) in [6.45, 7) is 0. The number of fused-ring (bicyclic) bond motifs is 5. The van der Waals surface area contributed by atoms with Crippen molar-refractivity contribution in [1.29, 1.82) is 0 Å². The Morgan fingerprint density at radius 3 is 1.43 bits per heavy atom. The third-order valence-electron chi connectivity index (χ3n) is 7.35. The molecular weight excluding hydrogens is 667 g/mol. The maximum Gasteiger partial charge on any atom is 0.239 e. The van der Waals surface area contributed by atoms with Crippen molar-refractivity contribution in [3.8, 4) is 41.6 Å². The minimum Gasteiger partial charge on any atom is -0.435 e. The van der Waals surface area contributed by atoms with E-state index in [1.165, 1.54) is 69.6 Å². The summed E-state index contributed by atoms with van der Waals surface area (Å²) in [5.41, 5.74) is 3.90. The van der Waals surface area contributed by atoms with E-state index >= 15 is 0 Å². The van der Waals surface area contributed by atoms with E-state index in [9.17, 15) is 8.78 Å². The molecule has 46 heavy (non-hydrogen) atoms. The van der Waals surface area contributed by atoms with Crippen LogP contribution in [0.25, 0.3) is 95.0 Å². The molecule has 0 amide bonds. The number of rotatable bonds is 4. The summed E-state index contributed by atoms with van der Waals surface area (Å²) in [4.78, 5) is 29.2. The molecule has 0 atom stereocenters. The van der Waals surface area contributed by atoms with Gasteiger partial charge in [0.1, 0.15) is 32.4 Å². The zero-order chi connectivity index (χ0) is 30.5. The lowest BCUT2D eigenvalue weighted by Gasteiger charge is -1.96. The Labute approximate surface area is 271 Å². The van der Waals surface area contributed by atoms with Crippen LogP contribution in [0.5, 0.6) is 0 Å². The molecule has 6 heterocycles. The van der Waals surface area contributed by atoms with Crippen molar-refractivity contribution in [1.82, 2.24) is 29.9 Å². The molecule has 0 saturated carbocycles. The Hall–Kier alpha value is -5.02. The van der Waals surface area contributed by atoms with E-state index in [1.54, 1.807) is 24.5 Å². The fourth-order valence-electron chi connectivity index (χ4n) is 5.23. The fourth-order valence-corrected chi connectivity index (χ4v) is 8.86. The summed E-state index contributed by atoms with van der Waals surface area (Å²) < 4.78 is 41.4. The maximum atomic E-state index is 13.6. The van der Waals surface area contributed by atoms with E-state index in [0.717, 1.165) is 50.0 Å². The molecule has 4 aromatic carbocycles. The molecule has 6 aromatic heterocycles. The summed E-state index contributed by atoms with van der Waals surface area (Å²) in [6, 6.07) is 17.0. The van der Waals surface area contributed by atoms with Gasteiger partial charge in [0.25, 0.3) is 0 Å². The molecule has 0 spiro atoms. The van der Waals surface area contributed by atoms with Crippen LogP contribution in [0.3, 0.4) is 0 Å². The van der Waals surface area contributed by atoms with Crippen LogP contribution >= 0.6 is 45.3 Å². The second-order valence-corrected chi connectivity index (χ2v) is 14.5. The molecule has 0 aliphatic heterocycles. The van der Waals surface area contributed by atoms with Crippen molar-refractivity contribution in [2.45, 2.75) is 0 Å². The Kier molecular flexibility index (Phi) is 5.55. The number of hydrogen-bond acceptors (Lipinski definition) is 12. The van der Waals surface area contributed by atoms with Gasteiger partial charge < -0.3 is 8.83 Å². The van der Waals surface area contributed by atoms with Gasteiger partial charge in [-0.1, -0.05) is 0 Å². The number of nitrogens with zero attached hydrogens (tertiary/aromatic N) is 6. The minimum absolute atomic E-state index is 0.317. The number of benzene rings is 4. The molecule has 0 saturated heterocycles. The molecule has 0 aliphatic rings. The predicted octanol–water partition coefficient (Wildman–Crippen LogP) is 10.2. The van der Waals surface area contributed by atoms with E-state index in [4.69, 9.17) is 18.8 Å². The molecular formula is C32H12F2N6O2S4. The number of hydrogen-bond donors (Lipinski definition) is 0. The van der Waals surface area contributed by atoms with Gasteiger partial charge in [-0.05, 0) is 59.3 Å². The lowest BCUT2D eigenvalue weighted by Crippen LogP contribution is -1.76. The van der Waals surface area contributed by atoms with Gasteiger partial charge in [-0.3, -0.25) is 0 Å². The van der Waals surface area contributed by atoms with Crippen LogP contribution in [-0.2, 0) is 0 Å². The van der Waals surface area contributed by atoms with Crippen molar-refractivity contribution in [3.05, 3.63) is 84.7 Å². The third-order valence-corrected chi connectivity index (χ3v) is 11.7. The summed E-state index contributed by atoms with van der Waals surface area (Å²) >= 11 is 5.77.